The number of nitrogens with zero attached hydrogens (tertiary/aromatic N) is 1. The van der Waals surface area contributed by atoms with Crippen LogP contribution in [0.2, 0.25) is 5.02 Å². The van der Waals surface area contributed by atoms with Crippen LogP contribution < -0.4 is 14.8 Å². The van der Waals surface area contributed by atoms with Gasteiger partial charge in [-0.1, -0.05) is 17.7 Å². The molecule has 0 bridgehead atoms. The van der Waals surface area contributed by atoms with Gasteiger partial charge in [0, 0.05) is 18.7 Å². The fourth-order valence-electron chi connectivity index (χ4n) is 3.67. The van der Waals surface area contributed by atoms with Crippen molar-refractivity contribution in [2.75, 3.05) is 32.7 Å². The van der Waals surface area contributed by atoms with Crippen molar-refractivity contribution in [1.29, 1.82) is 0 Å². The molecule has 1 fully saturated rings. The molecule has 0 aromatic heterocycles. The van der Waals surface area contributed by atoms with E-state index in [1.807, 2.05) is 6.07 Å². The Balaban J connectivity index is 1.58. The number of esters is 1. The number of alkyl halides is 3. The van der Waals surface area contributed by atoms with Gasteiger partial charge in [0.05, 0.1) is 31.4 Å². The van der Waals surface area contributed by atoms with Crippen molar-refractivity contribution in [2.45, 2.75) is 31.5 Å². The topological polar surface area (TPSA) is 77.1 Å². The second-order valence-corrected chi connectivity index (χ2v) is 7.99. The zero-order chi connectivity index (χ0) is 24.9. The van der Waals surface area contributed by atoms with Gasteiger partial charge in [-0.3, -0.25) is 0 Å². The van der Waals surface area contributed by atoms with E-state index < -0.39 is 34.8 Å². The first-order chi connectivity index (χ1) is 16.1. The lowest BCUT2D eigenvalue weighted by Gasteiger charge is -2.24. The maximum absolute atomic E-state index is 13.1. The number of urea groups is 1. The highest BCUT2D eigenvalue weighted by Crippen LogP contribution is 2.36. The Morgan fingerprint density at radius 2 is 1.85 bits per heavy atom. The predicted octanol–water partition coefficient (Wildman–Crippen LogP) is 5.16. The molecule has 0 spiro atoms. The van der Waals surface area contributed by atoms with Crippen LogP contribution in [0.25, 0.3) is 0 Å². The summed E-state index contributed by atoms with van der Waals surface area (Å²) >= 11 is 5.62. The normalized spacial score (nSPS) is 15.7. The largest absolute Gasteiger partial charge is 0.493 e. The number of halogens is 4. The second kappa shape index (κ2) is 10.9. The molecular formula is C23H24ClF3N2O5. The molecule has 1 aliphatic rings. The molecule has 0 aliphatic carbocycles. The average molecular weight is 501 g/mol. The van der Waals surface area contributed by atoms with Crippen LogP contribution in [0.1, 0.15) is 24.0 Å². The van der Waals surface area contributed by atoms with Crippen molar-refractivity contribution < 1.29 is 37.0 Å². The standard InChI is InChI=1S/C23H24ClF3N2O5/c1-32-19-8-5-14(12-20(19)33-2)9-11-34-21(30)18-4-3-10-29(18)22(31)28-15-6-7-17(24)16(13-15)23(25,26)27/h5-8,12-13,18H,3-4,9-11H2,1-2H3,(H,28,31)/t18-/m0/s1. The summed E-state index contributed by atoms with van der Waals surface area (Å²) in [5.74, 6) is 0.569. The second-order valence-electron chi connectivity index (χ2n) is 7.58. The van der Waals surface area contributed by atoms with E-state index in [0.717, 1.165) is 17.7 Å². The van der Waals surface area contributed by atoms with Crippen LogP contribution in [0.15, 0.2) is 36.4 Å². The van der Waals surface area contributed by atoms with Crippen molar-refractivity contribution in [3.63, 3.8) is 0 Å². The summed E-state index contributed by atoms with van der Waals surface area (Å²) in [5.41, 5.74) is -0.261. The fourth-order valence-corrected chi connectivity index (χ4v) is 3.90. The van der Waals surface area contributed by atoms with Gasteiger partial charge in [-0.25, -0.2) is 9.59 Å². The van der Waals surface area contributed by atoms with Gasteiger partial charge in [0.1, 0.15) is 6.04 Å². The molecule has 0 radical (unpaired) electrons. The number of anilines is 1. The number of likely N-dealkylation sites (tertiary alicyclic amines) is 1. The lowest BCUT2D eigenvalue weighted by atomic mass is 10.1. The molecule has 2 aromatic rings. The monoisotopic (exact) mass is 500 g/mol. The first-order valence-electron chi connectivity index (χ1n) is 10.5. The van der Waals surface area contributed by atoms with Crippen molar-refractivity contribution in [3.05, 3.63) is 52.5 Å². The third-order valence-corrected chi connectivity index (χ3v) is 5.72. The summed E-state index contributed by atoms with van der Waals surface area (Å²) in [6.07, 6.45) is -3.27. The molecule has 184 valence electrons. The number of amides is 2. The Hall–Kier alpha value is -3.14. The predicted molar refractivity (Wildman–Crippen MR) is 119 cm³/mol. The SMILES string of the molecule is COc1ccc(CCOC(=O)[C@@H]2CCCN2C(=O)Nc2ccc(Cl)c(C(F)(F)F)c2)cc1OC. The van der Waals surface area contributed by atoms with Crippen molar-refractivity contribution in [3.8, 4) is 11.5 Å². The molecule has 1 N–H and O–H groups in total. The molecule has 2 amide bonds. The maximum Gasteiger partial charge on any atom is 0.417 e. The van der Waals surface area contributed by atoms with E-state index in [9.17, 15) is 22.8 Å². The first-order valence-corrected chi connectivity index (χ1v) is 10.8. The van der Waals surface area contributed by atoms with E-state index >= 15 is 0 Å². The van der Waals surface area contributed by atoms with Gasteiger partial charge in [0.25, 0.3) is 0 Å². The van der Waals surface area contributed by atoms with Gasteiger partial charge in [-0.15, -0.1) is 0 Å². The number of hydrogen-bond donors (Lipinski definition) is 1. The molecule has 0 unspecified atom stereocenters. The molecule has 2 aromatic carbocycles. The minimum atomic E-state index is -4.66. The molecule has 0 saturated carbocycles. The van der Waals surface area contributed by atoms with Gasteiger partial charge in [-0.05, 0) is 48.7 Å². The average Bonchev–Trinajstić information content (AvgIpc) is 3.29. The Morgan fingerprint density at radius 3 is 2.53 bits per heavy atom. The highest BCUT2D eigenvalue weighted by Gasteiger charge is 2.36. The summed E-state index contributed by atoms with van der Waals surface area (Å²) < 4.78 is 55.0. The number of carbonyl (C=O) groups excluding carboxylic acids is 2. The molecular weight excluding hydrogens is 477 g/mol. The van der Waals surface area contributed by atoms with E-state index in [1.165, 1.54) is 25.2 Å². The number of nitrogens with one attached hydrogen (secondary N) is 1. The van der Waals surface area contributed by atoms with Crippen LogP contribution in [0.5, 0.6) is 11.5 Å². The van der Waals surface area contributed by atoms with E-state index in [4.69, 9.17) is 25.8 Å². The highest BCUT2D eigenvalue weighted by molar-refractivity contribution is 6.31. The van der Waals surface area contributed by atoms with Crippen molar-refractivity contribution in [2.24, 2.45) is 0 Å². The minimum absolute atomic E-state index is 0.0748. The molecule has 34 heavy (non-hydrogen) atoms. The summed E-state index contributed by atoms with van der Waals surface area (Å²) in [6.45, 7) is 0.368. The summed E-state index contributed by atoms with van der Waals surface area (Å²) in [6, 6.07) is 6.93. The van der Waals surface area contributed by atoms with Crippen LogP contribution in [0.3, 0.4) is 0 Å². The number of carbonyl (C=O) groups is 2. The molecule has 11 heteroatoms. The lowest BCUT2D eigenvalue weighted by Crippen LogP contribution is -2.43. The van der Waals surface area contributed by atoms with Gasteiger partial charge in [-0.2, -0.15) is 13.2 Å². The lowest BCUT2D eigenvalue weighted by molar-refractivity contribution is -0.147. The van der Waals surface area contributed by atoms with Crippen molar-refractivity contribution >= 4 is 29.3 Å². The third-order valence-electron chi connectivity index (χ3n) is 5.39. The molecule has 1 saturated heterocycles. The van der Waals surface area contributed by atoms with Crippen LogP contribution in [0.4, 0.5) is 23.7 Å². The summed E-state index contributed by atoms with van der Waals surface area (Å²) in [4.78, 5) is 26.5. The first kappa shape index (κ1) is 25.5. The zero-order valence-corrected chi connectivity index (χ0v) is 19.3. The van der Waals surface area contributed by atoms with Crippen LogP contribution in [0, 0.1) is 0 Å². The number of ether oxygens (including phenoxy) is 3. The number of hydrogen-bond acceptors (Lipinski definition) is 5. The van der Waals surface area contributed by atoms with Crippen LogP contribution in [-0.2, 0) is 22.1 Å². The Morgan fingerprint density at radius 1 is 1.12 bits per heavy atom. The molecule has 3 rings (SSSR count). The van der Waals surface area contributed by atoms with E-state index in [-0.39, 0.29) is 18.8 Å². The quantitative estimate of drug-likeness (QED) is 0.531. The van der Waals surface area contributed by atoms with Crippen LogP contribution >= 0.6 is 11.6 Å². The van der Waals surface area contributed by atoms with Crippen molar-refractivity contribution in [1.82, 2.24) is 4.90 Å². The molecule has 1 atom stereocenters. The maximum atomic E-state index is 13.1. The summed E-state index contributed by atoms with van der Waals surface area (Å²) in [7, 11) is 3.06. The number of rotatable bonds is 7. The molecule has 7 nitrogen and oxygen atoms in total. The number of methoxy groups -OCH3 is 2. The molecule has 1 heterocycles. The third kappa shape index (κ3) is 6.05. The minimum Gasteiger partial charge on any atom is -0.493 e. The van der Waals surface area contributed by atoms with Gasteiger partial charge in [0.2, 0.25) is 0 Å². The van der Waals surface area contributed by atoms with E-state index in [1.54, 1.807) is 12.1 Å². The van der Waals surface area contributed by atoms with E-state index in [0.29, 0.717) is 30.8 Å². The highest BCUT2D eigenvalue weighted by atomic mass is 35.5. The van der Waals surface area contributed by atoms with Gasteiger partial charge >= 0.3 is 18.2 Å². The smallest absolute Gasteiger partial charge is 0.417 e. The van der Waals surface area contributed by atoms with Gasteiger partial charge in [0.15, 0.2) is 11.5 Å². The molecule has 1 aliphatic heterocycles. The van der Waals surface area contributed by atoms with Crippen LogP contribution in [-0.4, -0.2) is 50.3 Å². The summed E-state index contributed by atoms with van der Waals surface area (Å²) in [5, 5.41) is 1.94. The fraction of sp³-hybridized carbons (Fsp3) is 0.391. The van der Waals surface area contributed by atoms with Gasteiger partial charge < -0.3 is 24.4 Å². The van der Waals surface area contributed by atoms with E-state index in [2.05, 4.69) is 5.32 Å². The Kier molecular flexibility index (Phi) is 8.14. The number of benzene rings is 2. The Bertz CT molecular complexity index is 1050. The Labute approximate surface area is 199 Å². The zero-order valence-electron chi connectivity index (χ0n) is 18.6.